The maximum absolute atomic E-state index is 12.8. The van der Waals surface area contributed by atoms with E-state index in [0.717, 1.165) is 16.9 Å². The molecule has 4 rings (SSSR count). The Labute approximate surface area is 181 Å². The minimum Gasteiger partial charge on any atom is -0.322 e. The Balaban J connectivity index is 1.56. The number of para-hydroxylation sites is 1. The van der Waals surface area contributed by atoms with Gasteiger partial charge in [-0.25, -0.2) is 0 Å². The number of hydrogen-bond acceptors (Lipinski definition) is 3. The normalized spacial score (nSPS) is 16.2. The zero-order chi connectivity index (χ0) is 21.1. The lowest BCUT2D eigenvalue weighted by Gasteiger charge is -2.27. The van der Waals surface area contributed by atoms with Crippen LogP contribution in [0.15, 0.2) is 78.9 Å². The number of nitrogens with zero attached hydrogens (tertiary/aromatic N) is 1. The molecule has 0 spiro atoms. The highest BCUT2D eigenvalue weighted by atomic mass is 32.2. The summed E-state index contributed by atoms with van der Waals surface area (Å²) < 4.78 is 0. The van der Waals surface area contributed by atoms with Crippen molar-refractivity contribution < 1.29 is 9.59 Å². The highest BCUT2D eigenvalue weighted by molar-refractivity contribution is 8.00. The number of rotatable bonds is 5. The van der Waals surface area contributed by atoms with Crippen LogP contribution in [0.4, 0.5) is 11.4 Å². The highest BCUT2D eigenvalue weighted by Crippen LogP contribution is 2.44. The molecule has 3 aromatic carbocycles. The SMILES string of the molecule is CC(C)c1ccccc1N1C(=O)CS[C@@H]1c1ccc(NC(=O)c2ccccc2)cc1. The lowest BCUT2D eigenvalue weighted by molar-refractivity contribution is -0.115. The maximum atomic E-state index is 12.8. The van der Waals surface area contributed by atoms with Crippen LogP contribution in [-0.4, -0.2) is 17.6 Å². The van der Waals surface area contributed by atoms with E-state index in [9.17, 15) is 9.59 Å². The van der Waals surface area contributed by atoms with Gasteiger partial charge in [-0.2, -0.15) is 0 Å². The van der Waals surface area contributed by atoms with E-state index in [1.54, 1.807) is 23.9 Å². The Morgan fingerprint density at radius 1 is 0.967 bits per heavy atom. The fourth-order valence-corrected chi connectivity index (χ4v) is 4.82. The van der Waals surface area contributed by atoms with Gasteiger partial charge in [0.05, 0.1) is 5.75 Å². The van der Waals surface area contributed by atoms with Crippen LogP contribution < -0.4 is 10.2 Å². The largest absolute Gasteiger partial charge is 0.322 e. The fraction of sp³-hybridized carbons (Fsp3) is 0.200. The monoisotopic (exact) mass is 416 g/mol. The first-order chi connectivity index (χ1) is 14.5. The molecule has 152 valence electrons. The smallest absolute Gasteiger partial charge is 0.255 e. The van der Waals surface area contributed by atoms with Gasteiger partial charge < -0.3 is 5.32 Å². The van der Waals surface area contributed by atoms with Gasteiger partial charge in [-0.3, -0.25) is 14.5 Å². The fourth-order valence-electron chi connectivity index (χ4n) is 3.65. The molecule has 1 heterocycles. The van der Waals surface area contributed by atoms with Crippen LogP contribution in [0, 0.1) is 0 Å². The van der Waals surface area contributed by atoms with Crippen molar-refractivity contribution in [2.75, 3.05) is 16.0 Å². The zero-order valence-corrected chi connectivity index (χ0v) is 17.9. The molecule has 5 heteroatoms. The quantitative estimate of drug-likeness (QED) is 0.568. The molecule has 30 heavy (non-hydrogen) atoms. The number of hydrogen-bond donors (Lipinski definition) is 1. The van der Waals surface area contributed by atoms with Crippen LogP contribution in [0.5, 0.6) is 0 Å². The number of carbonyl (C=O) groups excluding carboxylic acids is 2. The molecule has 1 aliphatic rings. The van der Waals surface area contributed by atoms with Crippen LogP contribution >= 0.6 is 11.8 Å². The van der Waals surface area contributed by atoms with Gasteiger partial charge in [0.25, 0.3) is 5.91 Å². The Hall–Kier alpha value is -3.05. The summed E-state index contributed by atoms with van der Waals surface area (Å²) in [6, 6.07) is 25.0. The van der Waals surface area contributed by atoms with Crippen LogP contribution in [-0.2, 0) is 4.79 Å². The second-order valence-electron chi connectivity index (χ2n) is 7.58. The summed E-state index contributed by atoms with van der Waals surface area (Å²) in [7, 11) is 0. The van der Waals surface area contributed by atoms with E-state index < -0.39 is 0 Å². The third-order valence-corrected chi connectivity index (χ3v) is 6.39. The van der Waals surface area contributed by atoms with Crippen molar-refractivity contribution in [3.8, 4) is 0 Å². The molecule has 3 aromatic rings. The van der Waals surface area contributed by atoms with Crippen molar-refractivity contribution in [2.45, 2.75) is 25.1 Å². The van der Waals surface area contributed by atoms with Crippen LogP contribution in [0.25, 0.3) is 0 Å². The minimum absolute atomic E-state index is 0.0729. The molecule has 0 saturated carbocycles. The molecule has 1 fully saturated rings. The van der Waals surface area contributed by atoms with E-state index in [1.807, 2.05) is 65.6 Å². The number of amides is 2. The van der Waals surface area contributed by atoms with Crippen molar-refractivity contribution in [1.82, 2.24) is 0 Å². The van der Waals surface area contributed by atoms with Crippen molar-refractivity contribution in [1.29, 1.82) is 0 Å². The third-order valence-electron chi connectivity index (χ3n) is 5.18. The van der Waals surface area contributed by atoms with E-state index in [1.165, 1.54) is 5.56 Å². The van der Waals surface area contributed by atoms with Crippen LogP contribution in [0.1, 0.15) is 46.6 Å². The first kappa shape index (κ1) is 20.2. The molecule has 4 nitrogen and oxygen atoms in total. The summed E-state index contributed by atoms with van der Waals surface area (Å²) in [4.78, 5) is 27.0. The van der Waals surface area contributed by atoms with Gasteiger partial charge in [-0.05, 0) is 47.4 Å². The highest BCUT2D eigenvalue weighted by Gasteiger charge is 2.35. The summed E-state index contributed by atoms with van der Waals surface area (Å²) in [6.07, 6.45) is 0. The molecule has 1 aliphatic heterocycles. The van der Waals surface area contributed by atoms with Crippen molar-refractivity contribution >= 4 is 35.0 Å². The average molecular weight is 417 g/mol. The minimum atomic E-state index is -0.138. The van der Waals surface area contributed by atoms with Crippen molar-refractivity contribution in [2.24, 2.45) is 0 Å². The topological polar surface area (TPSA) is 49.4 Å². The molecule has 0 radical (unpaired) electrons. The maximum Gasteiger partial charge on any atom is 0.255 e. The first-order valence-corrected chi connectivity index (χ1v) is 11.1. The van der Waals surface area contributed by atoms with Crippen molar-refractivity contribution in [3.63, 3.8) is 0 Å². The van der Waals surface area contributed by atoms with E-state index >= 15 is 0 Å². The zero-order valence-electron chi connectivity index (χ0n) is 17.0. The van der Waals surface area contributed by atoms with E-state index in [4.69, 9.17) is 0 Å². The van der Waals surface area contributed by atoms with Gasteiger partial charge in [0, 0.05) is 16.9 Å². The standard InChI is InChI=1S/C25H24N2O2S/c1-17(2)21-10-6-7-11-22(21)27-23(28)16-30-25(27)19-12-14-20(15-13-19)26-24(29)18-8-4-3-5-9-18/h3-15,17,25H,16H2,1-2H3,(H,26,29)/t25-/m1/s1. The number of anilines is 2. The second-order valence-corrected chi connectivity index (χ2v) is 8.65. The predicted octanol–water partition coefficient (Wildman–Crippen LogP) is 5.84. The van der Waals surface area contributed by atoms with Gasteiger partial charge in [-0.1, -0.05) is 62.4 Å². The van der Waals surface area contributed by atoms with Gasteiger partial charge in [0.2, 0.25) is 5.91 Å². The summed E-state index contributed by atoms with van der Waals surface area (Å²) in [5, 5.41) is 2.85. The molecular formula is C25H24N2O2S. The number of thioether (sulfide) groups is 1. The average Bonchev–Trinajstić information content (AvgIpc) is 3.16. The number of benzene rings is 3. The summed E-state index contributed by atoms with van der Waals surface area (Å²) >= 11 is 1.63. The van der Waals surface area contributed by atoms with E-state index in [2.05, 4.69) is 25.2 Å². The molecule has 0 aromatic heterocycles. The Bertz CT molecular complexity index is 1050. The lowest BCUT2D eigenvalue weighted by Crippen LogP contribution is -2.29. The molecule has 1 atom stereocenters. The third kappa shape index (κ3) is 4.12. The van der Waals surface area contributed by atoms with Gasteiger partial charge in [-0.15, -0.1) is 11.8 Å². The lowest BCUT2D eigenvalue weighted by atomic mass is 10.00. The van der Waals surface area contributed by atoms with Crippen LogP contribution in [0.2, 0.25) is 0 Å². The summed E-state index contributed by atoms with van der Waals surface area (Å²) in [6.45, 7) is 4.29. The predicted molar refractivity (Wildman–Crippen MR) is 124 cm³/mol. The van der Waals surface area contributed by atoms with E-state index in [0.29, 0.717) is 17.2 Å². The Morgan fingerprint density at radius 3 is 2.33 bits per heavy atom. The number of nitrogens with one attached hydrogen (secondary N) is 1. The van der Waals surface area contributed by atoms with Gasteiger partial charge in [0.1, 0.15) is 5.37 Å². The molecule has 2 amide bonds. The Morgan fingerprint density at radius 2 is 1.63 bits per heavy atom. The molecular weight excluding hydrogens is 392 g/mol. The molecule has 1 saturated heterocycles. The van der Waals surface area contributed by atoms with Gasteiger partial charge in [0.15, 0.2) is 0 Å². The summed E-state index contributed by atoms with van der Waals surface area (Å²) in [5.41, 5.74) is 4.55. The van der Waals surface area contributed by atoms with Crippen molar-refractivity contribution in [3.05, 3.63) is 95.6 Å². The van der Waals surface area contributed by atoms with E-state index in [-0.39, 0.29) is 17.2 Å². The second kappa shape index (κ2) is 8.76. The molecule has 1 N–H and O–H groups in total. The first-order valence-electron chi connectivity index (χ1n) is 10.0. The summed E-state index contributed by atoms with van der Waals surface area (Å²) in [5.74, 6) is 0.778. The molecule has 0 unspecified atom stereocenters. The molecule has 0 aliphatic carbocycles. The number of carbonyl (C=O) groups is 2. The van der Waals surface area contributed by atoms with Crippen LogP contribution in [0.3, 0.4) is 0 Å². The molecule has 0 bridgehead atoms. The Kier molecular flexibility index (Phi) is 5.91. The van der Waals surface area contributed by atoms with Gasteiger partial charge >= 0.3 is 0 Å².